The first kappa shape index (κ1) is 25.2. The number of rotatable bonds is 6. The molecule has 1 aliphatic rings. The monoisotopic (exact) mass is 528 g/mol. The molecular weight excluding hydrogens is 512 g/mol. The van der Waals surface area contributed by atoms with Crippen LogP contribution in [0.5, 0.6) is 0 Å². The lowest BCUT2D eigenvalue weighted by Gasteiger charge is -2.15. The van der Waals surface area contributed by atoms with Crippen LogP contribution in [-0.2, 0) is 16.6 Å². The number of aromatic nitrogens is 6. The summed E-state index contributed by atoms with van der Waals surface area (Å²) in [5, 5.41) is 12.5. The molecule has 3 atom stereocenters. The maximum atomic E-state index is 13.5. The van der Waals surface area contributed by atoms with E-state index in [1.54, 1.807) is 0 Å². The summed E-state index contributed by atoms with van der Waals surface area (Å²) in [6, 6.07) is 1.09. The Bertz CT molecular complexity index is 1300. The first-order valence-electron chi connectivity index (χ1n) is 10.3. The molecule has 1 fully saturated rings. The molecule has 36 heavy (non-hydrogen) atoms. The second kappa shape index (κ2) is 9.64. The molecule has 16 heteroatoms. The standard InChI is InChI=1S/C20H17ClF4N8O3/c1-8(11-3-9(22)5-26-15(11)21)36-19(35)30-17-14(31-32-33(17)2)16-27-6-10(7-28-16)29-18(34)12-4-13(12)20(23,24)25/h3,5-8,12-13H,4H2,1-2H3,(H,29,34)(H,30,35)/t8-,12-,13-/m1/s1. The number of alkyl halides is 3. The van der Waals surface area contributed by atoms with Gasteiger partial charge in [0.25, 0.3) is 0 Å². The van der Waals surface area contributed by atoms with E-state index in [1.807, 2.05) is 0 Å². The van der Waals surface area contributed by atoms with E-state index in [4.69, 9.17) is 16.3 Å². The van der Waals surface area contributed by atoms with Crippen LogP contribution < -0.4 is 10.6 Å². The smallest absolute Gasteiger partial charge is 0.413 e. The van der Waals surface area contributed by atoms with E-state index in [0.717, 1.165) is 12.3 Å². The van der Waals surface area contributed by atoms with Crippen molar-refractivity contribution in [3.8, 4) is 11.5 Å². The van der Waals surface area contributed by atoms with Crippen molar-refractivity contribution in [1.82, 2.24) is 29.9 Å². The molecule has 190 valence electrons. The minimum Gasteiger partial charge on any atom is -0.441 e. The third kappa shape index (κ3) is 5.50. The number of pyridine rings is 1. The highest BCUT2D eigenvalue weighted by atomic mass is 35.5. The molecule has 3 aromatic rings. The SMILES string of the molecule is C[C@@H](OC(=O)Nc1c(-c2ncc(NC(=O)[C@@H]3C[C@H]3C(F)(F)F)cn2)nnn1C)c1cc(F)cnc1Cl. The van der Waals surface area contributed by atoms with Crippen molar-refractivity contribution < 1.29 is 31.9 Å². The van der Waals surface area contributed by atoms with E-state index >= 15 is 0 Å². The summed E-state index contributed by atoms with van der Waals surface area (Å²) in [7, 11) is 1.48. The summed E-state index contributed by atoms with van der Waals surface area (Å²) < 4.78 is 57.9. The third-order valence-electron chi connectivity index (χ3n) is 5.28. The molecule has 0 saturated heterocycles. The molecule has 0 radical (unpaired) electrons. The summed E-state index contributed by atoms with van der Waals surface area (Å²) in [5.41, 5.74) is 0.289. The molecule has 3 aromatic heterocycles. The second-order valence-electron chi connectivity index (χ2n) is 7.89. The first-order valence-corrected chi connectivity index (χ1v) is 10.7. The highest BCUT2D eigenvalue weighted by Crippen LogP contribution is 2.50. The van der Waals surface area contributed by atoms with Crippen LogP contribution in [0.2, 0.25) is 5.15 Å². The van der Waals surface area contributed by atoms with Gasteiger partial charge in [-0.3, -0.25) is 10.1 Å². The van der Waals surface area contributed by atoms with Crippen LogP contribution in [0.25, 0.3) is 11.5 Å². The van der Waals surface area contributed by atoms with Gasteiger partial charge in [-0.2, -0.15) is 13.2 Å². The minimum atomic E-state index is -4.42. The van der Waals surface area contributed by atoms with Gasteiger partial charge in [0.1, 0.15) is 17.1 Å². The van der Waals surface area contributed by atoms with Crippen molar-refractivity contribution in [2.75, 3.05) is 10.6 Å². The molecule has 0 bridgehead atoms. The van der Waals surface area contributed by atoms with Gasteiger partial charge in [0.2, 0.25) is 5.91 Å². The fourth-order valence-electron chi connectivity index (χ4n) is 3.32. The summed E-state index contributed by atoms with van der Waals surface area (Å²) in [6.45, 7) is 1.47. The highest BCUT2D eigenvalue weighted by molar-refractivity contribution is 6.30. The van der Waals surface area contributed by atoms with Gasteiger partial charge in [-0.15, -0.1) is 5.10 Å². The van der Waals surface area contributed by atoms with Crippen LogP contribution in [0.3, 0.4) is 0 Å². The Morgan fingerprint density at radius 2 is 1.89 bits per heavy atom. The number of carbonyl (C=O) groups is 2. The van der Waals surface area contributed by atoms with Gasteiger partial charge in [-0.25, -0.2) is 28.8 Å². The van der Waals surface area contributed by atoms with Gasteiger partial charge in [0.05, 0.1) is 36.1 Å². The average Bonchev–Trinajstić information content (AvgIpc) is 3.56. The van der Waals surface area contributed by atoms with E-state index < -0.39 is 41.9 Å². The number of hydrogen-bond acceptors (Lipinski definition) is 8. The van der Waals surface area contributed by atoms with Crippen LogP contribution in [-0.4, -0.2) is 48.1 Å². The highest BCUT2D eigenvalue weighted by Gasteiger charge is 2.58. The number of anilines is 2. The van der Waals surface area contributed by atoms with E-state index in [1.165, 1.54) is 31.0 Å². The van der Waals surface area contributed by atoms with E-state index in [9.17, 15) is 27.2 Å². The Balaban J connectivity index is 1.42. The number of aryl methyl sites for hydroxylation is 1. The van der Waals surface area contributed by atoms with Crippen molar-refractivity contribution >= 4 is 35.1 Å². The molecule has 0 unspecified atom stereocenters. The molecule has 3 heterocycles. The Morgan fingerprint density at radius 3 is 2.53 bits per heavy atom. The van der Waals surface area contributed by atoms with Crippen molar-refractivity contribution in [1.29, 1.82) is 0 Å². The molecule has 1 saturated carbocycles. The van der Waals surface area contributed by atoms with Crippen LogP contribution in [0.15, 0.2) is 24.7 Å². The van der Waals surface area contributed by atoms with Gasteiger partial charge in [0, 0.05) is 12.6 Å². The van der Waals surface area contributed by atoms with Crippen LogP contribution >= 0.6 is 11.6 Å². The normalized spacial score (nSPS) is 17.9. The molecular formula is C20H17ClF4N8O3. The Hall–Kier alpha value is -3.88. The van der Waals surface area contributed by atoms with Gasteiger partial charge in [0.15, 0.2) is 17.3 Å². The summed E-state index contributed by atoms with van der Waals surface area (Å²) in [6.07, 6.45) is -3.29. The Kier molecular flexibility index (Phi) is 6.75. The maximum Gasteiger partial charge on any atom is 0.413 e. The van der Waals surface area contributed by atoms with E-state index in [0.29, 0.717) is 0 Å². The lowest BCUT2D eigenvalue weighted by molar-refractivity contribution is -0.153. The Labute approximate surface area is 205 Å². The molecule has 11 nitrogen and oxygen atoms in total. The minimum absolute atomic E-state index is 0.00131. The predicted octanol–water partition coefficient (Wildman–Crippen LogP) is 3.91. The largest absolute Gasteiger partial charge is 0.441 e. The second-order valence-corrected chi connectivity index (χ2v) is 8.25. The number of carbonyl (C=O) groups excluding carboxylic acids is 2. The first-order chi connectivity index (χ1) is 16.9. The number of nitrogens with zero attached hydrogens (tertiary/aromatic N) is 6. The van der Waals surface area contributed by atoms with Crippen LogP contribution in [0.4, 0.5) is 33.9 Å². The van der Waals surface area contributed by atoms with Gasteiger partial charge in [-0.1, -0.05) is 16.8 Å². The average molecular weight is 529 g/mol. The van der Waals surface area contributed by atoms with Crippen molar-refractivity contribution in [2.24, 2.45) is 18.9 Å². The van der Waals surface area contributed by atoms with E-state index in [-0.39, 0.29) is 40.2 Å². The van der Waals surface area contributed by atoms with E-state index in [2.05, 4.69) is 35.9 Å². The number of ether oxygens (including phenoxy) is 1. The molecule has 0 aliphatic heterocycles. The zero-order valence-corrected chi connectivity index (χ0v) is 19.3. The lowest BCUT2D eigenvalue weighted by atomic mass is 10.2. The van der Waals surface area contributed by atoms with Crippen molar-refractivity contribution in [3.63, 3.8) is 0 Å². The fraction of sp³-hybridized carbons (Fsp3) is 0.350. The fourth-order valence-corrected chi connectivity index (χ4v) is 3.57. The molecule has 4 rings (SSSR count). The molecule has 0 aromatic carbocycles. The van der Waals surface area contributed by atoms with Crippen LogP contribution in [0.1, 0.15) is 25.0 Å². The quantitative estimate of drug-likeness (QED) is 0.363. The molecule has 2 amide bonds. The van der Waals surface area contributed by atoms with Crippen molar-refractivity contribution in [2.45, 2.75) is 25.6 Å². The predicted molar refractivity (Wildman–Crippen MR) is 116 cm³/mol. The van der Waals surface area contributed by atoms with Gasteiger partial charge >= 0.3 is 12.3 Å². The topological polar surface area (TPSA) is 137 Å². The number of nitrogens with one attached hydrogen (secondary N) is 2. The zero-order chi connectivity index (χ0) is 26.2. The zero-order valence-electron chi connectivity index (χ0n) is 18.5. The molecule has 1 aliphatic carbocycles. The van der Waals surface area contributed by atoms with Crippen LogP contribution in [0, 0.1) is 17.7 Å². The molecule has 2 N–H and O–H groups in total. The summed E-state index contributed by atoms with van der Waals surface area (Å²) >= 11 is 5.93. The van der Waals surface area contributed by atoms with Crippen molar-refractivity contribution in [3.05, 3.63) is 41.2 Å². The number of amides is 2. The summed E-state index contributed by atoms with van der Waals surface area (Å²) in [4.78, 5) is 36.2. The lowest BCUT2D eigenvalue weighted by Crippen LogP contribution is -2.20. The van der Waals surface area contributed by atoms with Gasteiger partial charge in [-0.05, 0) is 19.4 Å². The number of hydrogen-bond donors (Lipinski definition) is 2. The Morgan fingerprint density at radius 1 is 1.19 bits per heavy atom. The molecule has 0 spiro atoms. The van der Waals surface area contributed by atoms with Gasteiger partial charge < -0.3 is 10.1 Å². The third-order valence-corrected chi connectivity index (χ3v) is 5.60. The maximum absolute atomic E-state index is 13.5. The summed E-state index contributed by atoms with van der Waals surface area (Å²) in [5.74, 6) is -4.17. The number of halogens is 5.